The zero-order valence-electron chi connectivity index (χ0n) is 14.9. The standard InChI is InChI=1S/C17H20ClN3O5S/c1-12-19-20-16(26-12)11-25-17(22)13-6-7-14(18)15(10-13)27(23,24)21-8-4-2-3-5-9-21/h6-7,10H,2-5,8-9,11H2,1H3. The molecule has 1 saturated heterocycles. The Bertz CT molecular complexity index is 920. The van der Waals surface area contributed by atoms with E-state index in [9.17, 15) is 13.2 Å². The van der Waals surface area contributed by atoms with Crippen molar-refractivity contribution in [2.45, 2.75) is 44.1 Å². The van der Waals surface area contributed by atoms with E-state index in [0.717, 1.165) is 25.7 Å². The van der Waals surface area contributed by atoms with Crippen molar-refractivity contribution in [3.8, 4) is 0 Å². The second-order valence-electron chi connectivity index (χ2n) is 6.25. The van der Waals surface area contributed by atoms with Crippen molar-refractivity contribution in [1.29, 1.82) is 0 Å². The molecule has 3 rings (SSSR count). The normalized spacial score (nSPS) is 16.1. The van der Waals surface area contributed by atoms with E-state index < -0.39 is 16.0 Å². The molecular weight excluding hydrogens is 394 g/mol. The maximum atomic E-state index is 13.0. The van der Waals surface area contributed by atoms with Crippen molar-refractivity contribution in [1.82, 2.24) is 14.5 Å². The molecule has 8 nitrogen and oxygen atoms in total. The third kappa shape index (κ3) is 4.66. The molecule has 0 bridgehead atoms. The molecule has 2 heterocycles. The highest BCUT2D eigenvalue weighted by molar-refractivity contribution is 7.89. The fourth-order valence-electron chi connectivity index (χ4n) is 2.86. The molecule has 0 spiro atoms. The maximum Gasteiger partial charge on any atom is 0.338 e. The van der Waals surface area contributed by atoms with Gasteiger partial charge in [0.25, 0.3) is 5.89 Å². The smallest absolute Gasteiger partial charge is 0.338 e. The lowest BCUT2D eigenvalue weighted by atomic mass is 10.2. The van der Waals surface area contributed by atoms with Crippen molar-refractivity contribution in [3.05, 3.63) is 40.6 Å². The average Bonchev–Trinajstić information content (AvgIpc) is 2.88. The van der Waals surface area contributed by atoms with E-state index >= 15 is 0 Å². The predicted molar refractivity (Wildman–Crippen MR) is 96.8 cm³/mol. The molecule has 0 unspecified atom stereocenters. The van der Waals surface area contributed by atoms with E-state index in [1.165, 1.54) is 22.5 Å². The average molecular weight is 414 g/mol. The van der Waals surface area contributed by atoms with Gasteiger partial charge in [-0.15, -0.1) is 10.2 Å². The molecule has 2 aromatic rings. The molecule has 146 valence electrons. The summed E-state index contributed by atoms with van der Waals surface area (Å²) in [7, 11) is -3.78. The first kappa shape index (κ1) is 19.8. The molecule has 1 fully saturated rings. The fraction of sp³-hybridized carbons (Fsp3) is 0.471. The van der Waals surface area contributed by atoms with E-state index in [2.05, 4.69) is 10.2 Å². The number of aryl methyl sites for hydroxylation is 1. The van der Waals surface area contributed by atoms with Gasteiger partial charge in [0, 0.05) is 20.0 Å². The number of halogens is 1. The van der Waals surface area contributed by atoms with Crippen LogP contribution in [0.3, 0.4) is 0 Å². The Balaban J connectivity index is 1.79. The van der Waals surface area contributed by atoms with Crippen molar-refractivity contribution >= 4 is 27.6 Å². The summed E-state index contributed by atoms with van der Waals surface area (Å²) in [5, 5.41) is 7.45. The van der Waals surface area contributed by atoms with Crippen LogP contribution in [0.15, 0.2) is 27.5 Å². The summed E-state index contributed by atoms with van der Waals surface area (Å²) in [6, 6.07) is 4.06. The molecule has 0 N–H and O–H groups in total. The molecule has 0 aliphatic carbocycles. The minimum Gasteiger partial charge on any atom is -0.452 e. The fourth-order valence-corrected chi connectivity index (χ4v) is 4.87. The SMILES string of the molecule is Cc1nnc(COC(=O)c2ccc(Cl)c(S(=O)(=O)N3CCCCCC3)c2)o1. The van der Waals surface area contributed by atoms with Crippen LogP contribution in [0.1, 0.15) is 47.8 Å². The number of rotatable bonds is 5. The topological polar surface area (TPSA) is 103 Å². The molecule has 1 aliphatic rings. The van der Waals surface area contributed by atoms with E-state index in [1.807, 2.05) is 0 Å². The Morgan fingerprint density at radius 3 is 2.56 bits per heavy atom. The Kier molecular flexibility index (Phi) is 6.13. The van der Waals surface area contributed by atoms with Gasteiger partial charge in [-0.05, 0) is 31.0 Å². The highest BCUT2D eigenvalue weighted by Crippen LogP contribution is 2.28. The number of ether oxygens (including phenoxy) is 1. The van der Waals surface area contributed by atoms with Crippen LogP contribution in [0.2, 0.25) is 5.02 Å². The van der Waals surface area contributed by atoms with E-state index in [4.69, 9.17) is 20.8 Å². The van der Waals surface area contributed by atoms with E-state index in [0.29, 0.717) is 19.0 Å². The number of hydrogen-bond donors (Lipinski definition) is 0. The van der Waals surface area contributed by atoms with Crippen LogP contribution in [-0.2, 0) is 21.4 Å². The Labute approximate surface area is 162 Å². The van der Waals surface area contributed by atoms with Gasteiger partial charge in [-0.1, -0.05) is 24.4 Å². The quantitative estimate of drug-likeness (QED) is 0.694. The van der Waals surface area contributed by atoms with Gasteiger partial charge in [0.1, 0.15) is 4.90 Å². The molecule has 0 radical (unpaired) electrons. The Morgan fingerprint density at radius 2 is 1.93 bits per heavy atom. The van der Waals surface area contributed by atoms with Gasteiger partial charge in [0.05, 0.1) is 10.6 Å². The second kappa shape index (κ2) is 8.37. The minimum atomic E-state index is -3.78. The lowest BCUT2D eigenvalue weighted by molar-refractivity contribution is 0.0436. The first-order valence-corrected chi connectivity index (χ1v) is 10.5. The van der Waals surface area contributed by atoms with Gasteiger partial charge in [0.15, 0.2) is 6.61 Å². The lowest BCUT2D eigenvalue weighted by Gasteiger charge is -2.20. The summed E-state index contributed by atoms with van der Waals surface area (Å²) in [6.07, 6.45) is 3.62. The first-order valence-electron chi connectivity index (χ1n) is 8.64. The van der Waals surface area contributed by atoms with Crippen LogP contribution in [0.4, 0.5) is 0 Å². The van der Waals surface area contributed by atoms with Crippen LogP contribution < -0.4 is 0 Å². The highest BCUT2D eigenvalue weighted by atomic mass is 35.5. The lowest BCUT2D eigenvalue weighted by Crippen LogP contribution is -2.32. The van der Waals surface area contributed by atoms with Crippen molar-refractivity contribution < 1.29 is 22.4 Å². The second-order valence-corrected chi connectivity index (χ2v) is 8.57. The van der Waals surface area contributed by atoms with Crippen LogP contribution in [-0.4, -0.2) is 42.0 Å². The molecule has 27 heavy (non-hydrogen) atoms. The molecule has 0 saturated carbocycles. The number of aromatic nitrogens is 2. The summed E-state index contributed by atoms with van der Waals surface area (Å²) in [6.45, 7) is 2.32. The summed E-state index contributed by atoms with van der Waals surface area (Å²) >= 11 is 6.13. The monoisotopic (exact) mass is 413 g/mol. The number of esters is 1. The molecule has 1 aliphatic heterocycles. The molecule has 0 amide bonds. The summed E-state index contributed by atoms with van der Waals surface area (Å²) in [5.41, 5.74) is 0.0871. The molecular formula is C17H20ClN3O5S. The zero-order chi connectivity index (χ0) is 19.4. The third-order valence-electron chi connectivity index (χ3n) is 4.24. The van der Waals surface area contributed by atoms with E-state index in [1.54, 1.807) is 6.92 Å². The van der Waals surface area contributed by atoms with Crippen LogP contribution in [0.5, 0.6) is 0 Å². The van der Waals surface area contributed by atoms with Gasteiger partial charge < -0.3 is 9.15 Å². The van der Waals surface area contributed by atoms with Gasteiger partial charge >= 0.3 is 5.97 Å². The van der Waals surface area contributed by atoms with Crippen LogP contribution >= 0.6 is 11.6 Å². The van der Waals surface area contributed by atoms with Gasteiger partial charge in [-0.2, -0.15) is 4.31 Å². The van der Waals surface area contributed by atoms with Gasteiger partial charge in [-0.3, -0.25) is 0 Å². The van der Waals surface area contributed by atoms with Crippen molar-refractivity contribution in [3.63, 3.8) is 0 Å². The number of nitrogens with zero attached hydrogens (tertiary/aromatic N) is 3. The zero-order valence-corrected chi connectivity index (χ0v) is 16.4. The summed E-state index contributed by atoms with van der Waals surface area (Å²) < 4.78 is 37.6. The van der Waals surface area contributed by atoms with Crippen LogP contribution in [0, 0.1) is 6.92 Å². The highest BCUT2D eigenvalue weighted by Gasteiger charge is 2.28. The van der Waals surface area contributed by atoms with Crippen molar-refractivity contribution in [2.24, 2.45) is 0 Å². The van der Waals surface area contributed by atoms with Gasteiger partial charge in [0.2, 0.25) is 15.9 Å². The molecule has 10 heteroatoms. The first-order chi connectivity index (χ1) is 12.9. The van der Waals surface area contributed by atoms with Crippen LogP contribution in [0.25, 0.3) is 0 Å². The van der Waals surface area contributed by atoms with E-state index in [-0.39, 0.29) is 28.0 Å². The van der Waals surface area contributed by atoms with Crippen molar-refractivity contribution in [2.75, 3.05) is 13.1 Å². The number of carbonyl (C=O) groups excluding carboxylic acids is 1. The predicted octanol–water partition coefficient (Wildman–Crippen LogP) is 2.95. The summed E-state index contributed by atoms with van der Waals surface area (Å²) in [5.74, 6) is -0.180. The number of benzene rings is 1. The largest absolute Gasteiger partial charge is 0.452 e. The minimum absolute atomic E-state index is 0.0725. The maximum absolute atomic E-state index is 13.0. The van der Waals surface area contributed by atoms with Gasteiger partial charge in [-0.25, -0.2) is 13.2 Å². The number of sulfonamides is 1. The third-order valence-corrected chi connectivity index (χ3v) is 6.62. The molecule has 1 aromatic carbocycles. The Hall–Kier alpha value is -1.97. The molecule has 1 aromatic heterocycles. The Morgan fingerprint density at radius 1 is 1.22 bits per heavy atom. The summed E-state index contributed by atoms with van der Waals surface area (Å²) in [4.78, 5) is 12.2. The number of hydrogen-bond acceptors (Lipinski definition) is 7. The molecule has 0 atom stereocenters. The number of carbonyl (C=O) groups is 1.